The summed E-state index contributed by atoms with van der Waals surface area (Å²) in [5, 5.41) is 2.96. The van der Waals surface area contributed by atoms with Crippen molar-refractivity contribution in [2.75, 3.05) is 0 Å². The molecule has 0 aliphatic rings. The Bertz CT molecular complexity index is 1290. The fourth-order valence-corrected chi connectivity index (χ4v) is 7.95. The van der Waals surface area contributed by atoms with Crippen LogP contribution in [0.5, 0.6) is 0 Å². The molecule has 0 saturated heterocycles. The monoisotopic (exact) mass is 524 g/mol. The Kier molecular flexibility index (Phi) is 9.43. The second kappa shape index (κ2) is 12.1. The molecule has 4 rings (SSSR count). The molecule has 2 aromatic heterocycles. The Hall–Kier alpha value is -2.83. The summed E-state index contributed by atoms with van der Waals surface area (Å²) in [6, 6.07) is 25.3. The summed E-state index contributed by atoms with van der Waals surface area (Å²) in [5.41, 5.74) is 7.44. The molecule has 2 heterocycles. The van der Waals surface area contributed by atoms with E-state index in [2.05, 4.69) is 144 Å². The van der Waals surface area contributed by atoms with E-state index in [0.717, 1.165) is 17.8 Å². The number of nitrogens with zero attached hydrogens (tertiary/aromatic N) is 2. The third kappa shape index (κ3) is 8.08. The van der Waals surface area contributed by atoms with Crippen molar-refractivity contribution >= 4 is 26.5 Å². The van der Waals surface area contributed by atoms with E-state index >= 15 is 0 Å². The predicted octanol–water partition coefficient (Wildman–Crippen LogP) is 8.09. The van der Waals surface area contributed by atoms with Crippen LogP contribution in [0.1, 0.15) is 25.0 Å². The molecule has 0 radical (unpaired) electrons. The Morgan fingerprint density at radius 2 is 1.05 bits per heavy atom. The highest BCUT2D eigenvalue weighted by Gasteiger charge is 2.22. The maximum absolute atomic E-state index is 4.72. The summed E-state index contributed by atoms with van der Waals surface area (Å²) in [4.78, 5) is 9.33. The molecule has 0 aliphatic carbocycles. The van der Waals surface area contributed by atoms with Crippen molar-refractivity contribution < 1.29 is 0 Å². The second-order valence-electron chi connectivity index (χ2n) is 12.4. The maximum Gasteiger partial charge on any atom is 0.0799 e. The Morgan fingerprint density at radius 3 is 1.46 bits per heavy atom. The quantitative estimate of drug-likeness (QED) is 0.238. The zero-order valence-electron chi connectivity index (χ0n) is 24.3. The summed E-state index contributed by atoms with van der Waals surface area (Å²) in [6.45, 7) is 21.1. The van der Waals surface area contributed by atoms with Gasteiger partial charge >= 0.3 is 0 Å². The zero-order chi connectivity index (χ0) is 27.2. The lowest BCUT2D eigenvalue weighted by molar-refractivity contribution is 0.649. The van der Waals surface area contributed by atoms with Gasteiger partial charge in [-0.15, -0.1) is 0 Å². The standard InChI is InChI=1S/C18H25NSi.C15H19NSi/c1-14(2)11-16-12-17(15-9-7-6-8-10-15)19-13-18(16)20(3,4)5;1-12-10-14(13-8-6-5-7-9-13)16-11-15(12)17(2,3)4/h6-10,12-14H,11H2,1-5H3;5-11H,1-4H3. The van der Waals surface area contributed by atoms with Gasteiger partial charge in [-0.3, -0.25) is 9.97 Å². The van der Waals surface area contributed by atoms with Crippen LogP contribution in [0.15, 0.2) is 85.2 Å². The minimum Gasteiger partial charge on any atom is -0.256 e. The molecule has 0 saturated carbocycles. The zero-order valence-corrected chi connectivity index (χ0v) is 26.3. The van der Waals surface area contributed by atoms with Gasteiger partial charge in [0.05, 0.1) is 27.5 Å². The van der Waals surface area contributed by atoms with Gasteiger partial charge in [0.1, 0.15) is 0 Å². The van der Waals surface area contributed by atoms with Crippen LogP contribution in [0.2, 0.25) is 39.3 Å². The molecule has 4 aromatic rings. The summed E-state index contributed by atoms with van der Waals surface area (Å²) in [5.74, 6) is 0.677. The van der Waals surface area contributed by atoms with Gasteiger partial charge < -0.3 is 0 Å². The van der Waals surface area contributed by atoms with Crippen LogP contribution >= 0.6 is 0 Å². The van der Waals surface area contributed by atoms with Crippen LogP contribution in [0.25, 0.3) is 22.5 Å². The molecule has 4 heteroatoms. The first kappa shape index (κ1) is 28.7. The molecule has 0 unspecified atom stereocenters. The minimum absolute atomic E-state index is 0.677. The van der Waals surface area contributed by atoms with E-state index in [9.17, 15) is 0 Å². The highest BCUT2D eigenvalue weighted by Crippen LogP contribution is 2.20. The molecule has 194 valence electrons. The van der Waals surface area contributed by atoms with Gasteiger partial charge in [-0.2, -0.15) is 0 Å². The molecular formula is C33H44N2Si2. The number of hydrogen-bond acceptors (Lipinski definition) is 2. The maximum atomic E-state index is 4.72. The second-order valence-corrected chi connectivity index (χ2v) is 22.5. The van der Waals surface area contributed by atoms with Crippen molar-refractivity contribution in [1.82, 2.24) is 9.97 Å². The van der Waals surface area contributed by atoms with Crippen LogP contribution in [0.4, 0.5) is 0 Å². The van der Waals surface area contributed by atoms with Crippen molar-refractivity contribution in [2.45, 2.75) is 66.5 Å². The third-order valence-corrected chi connectivity index (χ3v) is 10.7. The molecule has 0 aliphatic heterocycles. The van der Waals surface area contributed by atoms with Gasteiger partial charge in [0.2, 0.25) is 0 Å². The van der Waals surface area contributed by atoms with Gasteiger partial charge in [0, 0.05) is 23.5 Å². The molecule has 0 atom stereocenters. The Labute approximate surface area is 227 Å². The molecule has 2 aromatic carbocycles. The van der Waals surface area contributed by atoms with Crippen molar-refractivity contribution in [3.05, 3.63) is 96.3 Å². The van der Waals surface area contributed by atoms with Crippen LogP contribution in [0.3, 0.4) is 0 Å². The SMILES string of the molecule is CC(C)Cc1cc(-c2ccccc2)ncc1[Si](C)(C)C.Cc1cc(-c2ccccc2)ncc1[Si](C)(C)C. The number of benzene rings is 2. The largest absolute Gasteiger partial charge is 0.256 e. The number of aryl methyl sites for hydroxylation is 1. The Morgan fingerprint density at radius 1 is 0.622 bits per heavy atom. The summed E-state index contributed by atoms with van der Waals surface area (Å²) >= 11 is 0. The van der Waals surface area contributed by atoms with Crippen LogP contribution in [0, 0.1) is 12.8 Å². The first-order valence-electron chi connectivity index (χ1n) is 13.4. The minimum atomic E-state index is -1.33. The van der Waals surface area contributed by atoms with Gasteiger partial charge in [-0.25, -0.2) is 0 Å². The average Bonchev–Trinajstić information content (AvgIpc) is 2.83. The fraction of sp³-hybridized carbons (Fsp3) is 0.333. The lowest BCUT2D eigenvalue weighted by atomic mass is 10.0. The lowest BCUT2D eigenvalue weighted by Gasteiger charge is -2.22. The van der Waals surface area contributed by atoms with Crippen molar-refractivity contribution in [3.8, 4) is 22.5 Å². The third-order valence-electron chi connectivity index (χ3n) is 6.48. The number of pyridine rings is 2. The Balaban J connectivity index is 0.000000208. The first-order chi connectivity index (χ1) is 17.4. The van der Waals surface area contributed by atoms with Crippen molar-refractivity contribution in [2.24, 2.45) is 5.92 Å². The van der Waals surface area contributed by atoms with Crippen molar-refractivity contribution in [1.29, 1.82) is 0 Å². The molecular weight excluding hydrogens is 481 g/mol. The van der Waals surface area contributed by atoms with E-state index in [1.807, 2.05) is 6.07 Å². The van der Waals surface area contributed by atoms with Crippen LogP contribution in [-0.2, 0) is 6.42 Å². The summed E-state index contributed by atoms with van der Waals surface area (Å²) in [6.07, 6.45) is 5.35. The molecule has 0 N–H and O–H groups in total. The van der Waals surface area contributed by atoms with E-state index in [1.54, 1.807) is 0 Å². The van der Waals surface area contributed by atoms with Crippen LogP contribution in [-0.4, -0.2) is 26.1 Å². The smallest absolute Gasteiger partial charge is 0.0799 e. The molecule has 0 amide bonds. The number of aromatic nitrogens is 2. The molecule has 2 nitrogen and oxygen atoms in total. The number of hydrogen-bond donors (Lipinski definition) is 0. The highest BCUT2D eigenvalue weighted by molar-refractivity contribution is 6.89. The molecule has 0 spiro atoms. The normalized spacial score (nSPS) is 11.7. The fourth-order valence-electron chi connectivity index (χ4n) is 4.66. The highest BCUT2D eigenvalue weighted by atomic mass is 28.3. The first-order valence-corrected chi connectivity index (χ1v) is 20.4. The average molecular weight is 525 g/mol. The topological polar surface area (TPSA) is 25.8 Å². The van der Waals surface area contributed by atoms with Gasteiger partial charge in [0.25, 0.3) is 0 Å². The van der Waals surface area contributed by atoms with E-state index in [4.69, 9.17) is 4.98 Å². The van der Waals surface area contributed by atoms with Crippen LogP contribution < -0.4 is 10.4 Å². The summed E-state index contributed by atoms with van der Waals surface area (Å²) in [7, 11) is -2.60. The summed E-state index contributed by atoms with van der Waals surface area (Å²) < 4.78 is 0. The molecule has 0 bridgehead atoms. The van der Waals surface area contributed by atoms with Gasteiger partial charge in [-0.1, -0.05) is 114 Å². The van der Waals surface area contributed by atoms with E-state index in [1.165, 1.54) is 32.6 Å². The predicted molar refractivity (Wildman–Crippen MR) is 169 cm³/mol. The van der Waals surface area contributed by atoms with Gasteiger partial charge in [-0.05, 0) is 52.9 Å². The van der Waals surface area contributed by atoms with E-state index < -0.39 is 16.1 Å². The number of rotatable bonds is 6. The van der Waals surface area contributed by atoms with Gasteiger partial charge in [0.15, 0.2) is 0 Å². The molecule has 37 heavy (non-hydrogen) atoms. The molecule has 0 fully saturated rings. The van der Waals surface area contributed by atoms with E-state index in [-0.39, 0.29) is 0 Å². The lowest BCUT2D eigenvalue weighted by Crippen LogP contribution is -2.40. The van der Waals surface area contributed by atoms with Crippen molar-refractivity contribution in [3.63, 3.8) is 0 Å². The van der Waals surface area contributed by atoms with E-state index in [0.29, 0.717) is 5.92 Å².